The van der Waals surface area contributed by atoms with Crippen LogP contribution in [0.4, 0.5) is 5.69 Å². The summed E-state index contributed by atoms with van der Waals surface area (Å²) < 4.78 is 1.73. The molecule has 1 aromatic heterocycles. The molecule has 1 aromatic carbocycles. The van der Waals surface area contributed by atoms with E-state index in [0.717, 1.165) is 16.9 Å². The summed E-state index contributed by atoms with van der Waals surface area (Å²) in [4.78, 5) is 12.0. The fraction of sp³-hybridized carbons (Fsp3) is 0.231. The molecule has 0 unspecified atom stereocenters. The second kappa shape index (κ2) is 5.53. The van der Waals surface area contributed by atoms with Crippen molar-refractivity contribution in [2.24, 2.45) is 12.9 Å². The predicted octanol–water partition coefficient (Wildman–Crippen LogP) is 0.944. The zero-order valence-corrected chi connectivity index (χ0v) is 11.0. The van der Waals surface area contributed by atoms with Crippen LogP contribution in [0.5, 0.6) is 0 Å². The summed E-state index contributed by atoms with van der Waals surface area (Å²) in [5.41, 5.74) is 5.87. The smallest absolute Gasteiger partial charge is 0.251 e. The summed E-state index contributed by atoms with van der Waals surface area (Å²) >= 11 is 0. The molecule has 0 bridgehead atoms. The molecule has 100 valence electrons. The van der Waals surface area contributed by atoms with Gasteiger partial charge in [-0.05, 0) is 36.8 Å². The topological polar surface area (TPSA) is 85.0 Å². The fourth-order valence-electron chi connectivity index (χ4n) is 1.81. The van der Waals surface area contributed by atoms with E-state index in [4.69, 9.17) is 5.84 Å². The molecule has 19 heavy (non-hydrogen) atoms. The Bertz CT molecular complexity index is 590. The Morgan fingerprint density at radius 1 is 1.42 bits per heavy atom. The van der Waals surface area contributed by atoms with Gasteiger partial charge in [0.15, 0.2) is 0 Å². The van der Waals surface area contributed by atoms with Crippen molar-refractivity contribution < 1.29 is 4.79 Å². The zero-order chi connectivity index (χ0) is 13.8. The van der Waals surface area contributed by atoms with Crippen molar-refractivity contribution in [3.63, 3.8) is 0 Å². The van der Waals surface area contributed by atoms with Crippen LogP contribution in [0, 0.1) is 6.92 Å². The lowest BCUT2D eigenvalue weighted by Gasteiger charge is -2.09. The third-order valence-electron chi connectivity index (χ3n) is 3.00. The molecule has 0 spiro atoms. The van der Waals surface area contributed by atoms with Gasteiger partial charge in [-0.25, -0.2) is 0 Å². The van der Waals surface area contributed by atoms with E-state index in [0.29, 0.717) is 12.1 Å². The minimum absolute atomic E-state index is 0.118. The van der Waals surface area contributed by atoms with Crippen LogP contribution >= 0.6 is 0 Å². The van der Waals surface area contributed by atoms with Gasteiger partial charge in [-0.15, -0.1) is 0 Å². The van der Waals surface area contributed by atoms with Gasteiger partial charge >= 0.3 is 0 Å². The van der Waals surface area contributed by atoms with E-state index < -0.39 is 0 Å². The molecule has 0 fully saturated rings. The number of hydrogen-bond acceptors (Lipinski definition) is 4. The number of hydrazine groups is 1. The highest BCUT2D eigenvalue weighted by Crippen LogP contribution is 2.15. The lowest BCUT2D eigenvalue weighted by atomic mass is 10.1. The molecule has 0 atom stereocenters. The van der Waals surface area contributed by atoms with Crippen molar-refractivity contribution in [3.05, 3.63) is 47.3 Å². The number of anilines is 1. The van der Waals surface area contributed by atoms with Crippen LogP contribution in [-0.4, -0.2) is 15.7 Å². The van der Waals surface area contributed by atoms with Crippen molar-refractivity contribution in [3.8, 4) is 0 Å². The lowest BCUT2D eigenvalue weighted by molar-refractivity contribution is 0.0950. The third-order valence-corrected chi connectivity index (χ3v) is 3.00. The Morgan fingerprint density at radius 3 is 2.79 bits per heavy atom. The van der Waals surface area contributed by atoms with Crippen molar-refractivity contribution in [1.82, 2.24) is 15.1 Å². The molecule has 6 nitrogen and oxygen atoms in total. The molecule has 0 saturated carbocycles. The summed E-state index contributed by atoms with van der Waals surface area (Å²) in [5.74, 6) is 5.24. The maximum Gasteiger partial charge on any atom is 0.251 e. The maximum absolute atomic E-state index is 12.0. The van der Waals surface area contributed by atoms with Crippen LogP contribution in [0.2, 0.25) is 0 Å². The highest BCUT2D eigenvalue weighted by Gasteiger charge is 2.08. The first kappa shape index (κ1) is 13.1. The van der Waals surface area contributed by atoms with Gasteiger partial charge in [0.1, 0.15) is 0 Å². The van der Waals surface area contributed by atoms with Crippen molar-refractivity contribution in [1.29, 1.82) is 0 Å². The number of benzene rings is 1. The molecular formula is C13H17N5O. The van der Waals surface area contributed by atoms with E-state index in [-0.39, 0.29) is 5.91 Å². The molecule has 6 heteroatoms. The Labute approximate surface area is 111 Å². The minimum Gasteiger partial charge on any atom is -0.346 e. The largest absolute Gasteiger partial charge is 0.346 e. The van der Waals surface area contributed by atoms with Crippen LogP contribution in [0.3, 0.4) is 0 Å². The summed E-state index contributed by atoms with van der Waals surface area (Å²) in [5, 5.41) is 6.90. The Balaban J connectivity index is 2.04. The summed E-state index contributed by atoms with van der Waals surface area (Å²) in [6.07, 6.45) is 1.70. The number of aryl methyl sites for hydroxylation is 2. The Kier molecular flexibility index (Phi) is 3.82. The molecule has 0 aliphatic rings. The molecule has 0 aliphatic carbocycles. The zero-order valence-electron chi connectivity index (χ0n) is 11.0. The van der Waals surface area contributed by atoms with E-state index in [1.165, 1.54) is 0 Å². The Morgan fingerprint density at radius 2 is 2.21 bits per heavy atom. The predicted molar refractivity (Wildman–Crippen MR) is 73.4 cm³/mol. The number of amides is 1. The average Bonchev–Trinajstić information content (AvgIpc) is 2.81. The fourth-order valence-corrected chi connectivity index (χ4v) is 1.81. The number of nitrogens with two attached hydrogens (primary N) is 1. The van der Waals surface area contributed by atoms with Crippen LogP contribution in [0.25, 0.3) is 0 Å². The number of nitrogens with one attached hydrogen (secondary N) is 2. The van der Waals surface area contributed by atoms with Crippen LogP contribution < -0.4 is 16.6 Å². The monoisotopic (exact) mass is 259 g/mol. The summed E-state index contributed by atoms with van der Waals surface area (Å²) in [7, 11) is 1.84. The quantitative estimate of drug-likeness (QED) is 0.563. The molecule has 0 radical (unpaired) electrons. The SMILES string of the molecule is Cc1cc(C(=O)NCc2ccnn2C)ccc1NN. The number of nitrogens with zero attached hydrogens (tertiary/aromatic N) is 2. The first-order valence-electron chi connectivity index (χ1n) is 5.94. The van der Waals surface area contributed by atoms with Gasteiger partial charge in [0, 0.05) is 18.8 Å². The molecule has 1 heterocycles. The summed E-state index contributed by atoms with van der Waals surface area (Å²) in [6, 6.07) is 7.19. The first-order valence-corrected chi connectivity index (χ1v) is 5.94. The highest BCUT2D eigenvalue weighted by atomic mass is 16.1. The molecule has 0 aliphatic heterocycles. The number of nitrogen functional groups attached to an aromatic ring is 1. The van der Waals surface area contributed by atoms with Gasteiger partial charge in [-0.1, -0.05) is 0 Å². The average molecular weight is 259 g/mol. The van der Waals surface area contributed by atoms with E-state index in [1.807, 2.05) is 20.0 Å². The molecule has 1 amide bonds. The van der Waals surface area contributed by atoms with E-state index in [9.17, 15) is 4.79 Å². The van der Waals surface area contributed by atoms with E-state index in [1.54, 1.807) is 29.1 Å². The molecule has 2 rings (SSSR count). The highest BCUT2D eigenvalue weighted by molar-refractivity contribution is 5.94. The van der Waals surface area contributed by atoms with Gasteiger partial charge in [0.25, 0.3) is 5.91 Å². The second-order valence-electron chi connectivity index (χ2n) is 4.30. The van der Waals surface area contributed by atoms with Crippen molar-refractivity contribution in [2.75, 3.05) is 5.43 Å². The molecule has 4 N–H and O–H groups in total. The Hall–Kier alpha value is -2.34. The molecule has 0 saturated heterocycles. The summed E-state index contributed by atoms with van der Waals surface area (Å²) in [6.45, 7) is 2.35. The third kappa shape index (κ3) is 2.92. The number of aromatic nitrogens is 2. The van der Waals surface area contributed by atoms with Crippen molar-refractivity contribution in [2.45, 2.75) is 13.5 Å². The number of rotatable bonds is 4. The van der Waals surface area contributed by atoms with Gasteiger partial charge in [0.05, 0.1) is 17.9 Å². The van der Waals surface area contributed by atoms with Gasteiger partial charge in [-0.2, -0.15) is 5.10 Å². The lowest BCUT2D eigenvalue weighted by Crippen LogP contribution is -2.24. The minimum atomic E-state index is -0.118. The van der Waals surface area contributed by atoms with E-state index in [2.05, 4.69) is 15.8 Å². The van der Waals surface area contributed by atoms with Crippen LogP contribution in [0.1, 0.15) is 21.6 Å². The number of carbonyl (C=O) groups excluding carboxylic acids is 1. The number of carbonyl (C=O) groups is 1. The second-order valence-corrected chi connectivity index (χ2v) is 4.30. The normalized spacial score (nSPS) is 10.3. The van der Waals surface area contributed by atoms with Crippen LogP contribution in [-0.2, 0) is 13.6 Å². The van der Waals surface area contributed by atoms with Gasteiger partial charge < -0.3 is 10.7 Å². The standard InChI is InChI=1S/C13H17N5O/c1-9-7-10(3-4-12(9)17-14)13(19)15-8-11-5-6-16-18(11)2/h3-7,17H,8,14H2,1-2H3,(H,15,19). The number of hydrogen-bond donors (Lipinski definition) is 3. The van der Waals surface area contributed by atoms with Crippen LogP contribution in [0.15, 0.2) is 30.5 Å². The van der Waals surface area contributed by atoms with E-state index >= 15 is 0 Å². The van der Waals surface area contributed by atoms with Gasteiger partial charge in [-0.3, -0.25) is 15.3 Å². The molecular weight excluding hydrogens is 242 g/mol. The first-order chi connectivity index (χ1) is 9.11. The van der Waals surface area contributed by atoms with Gasteiger partial charge in [0.2, 0.25) is 0 Å². The maximum atomic E-state index is 12.0. The molecule has 2 aromatic rings. The van der Waals surface area contributed by atoms with Crippen molar-refractivity contribution >= 4 is 11.6 Å².